The molecule has 2 fully saturated rings. The third-order valence-electron chi connectivity index (χ3n) is 4.52. The van der Waals surface area contributed by atoms with Gasteiger partial charge in [-0.1, -0.05) is 6.92 Å². The van der Waals surface area contributed by atoms with Gasteiger partial charge >= 0.3 is 0 Å². The van der Waals surface area contributed by atoms with Crippen molar-refractivity contribution >= 4 is 17.1 Å². The first kappa shape index (κ1) is 14.5. The van der Waals surface area contributed by atoms with Crippen molar-refractivity contribution in [1.29, 1.82) is 0 Å². The van der Waals surface area contributed by atoms with Crippen LogP contribution in [0.2, 0.25) is 0 Å². The third kappa shape index (κ3) is 2.57. The van der Waals surface area contributed by atoms with Crippen molar-refractivity contribution in [1.82, 2.24) is 4.98 Å². The predicted molar refractivity (Wildman–Crippen MR) is 84.5 cm³/mol. The number of nitrogens with zero attached hydrogens (tertiary/aromatic N) is 2. The van der Waals surface area contributed by atoms with Crippen molar-refractivity contribution in [3.8, 4) is 5.75 Å². The van der Waals surface area contributed by atoms with Crippen LogP contribution in [0.25, 0.3) is 11.1 Å². The van der Waals surface area contributed by atoms with Crippen LogP contribution < -0.4 is 9.64 Å². The minimum absolute atomic E-state index is 0.244. The Morgan fingerprint density at radius 1 is 1.43 bits per heavy atom. The molecule has 3 heterocycles. The molecule has 4 rings (SSSR count). The normalized spacial score (nSPS) is 19.7. The van der Waals surface area contributed by atoms with Crippen molar-refractivity contribution in [2.24, 2.45) is 5.41 Å². The zero-order chi connectivity index (χ0) is 15.9. The minimum atomic E-state index is 0.244. The van der Waals surface area contributed by atoms with E-state index in [9.17, 15) is 4.39 Å². The highest BCUT2D eigenvalue weighted by Gasteiger charge is 2.50. The van der Waals surface area contributed by atoms with Gasteiger partial charge in [-0.05, 0) is 24.1 Å². The lowest BCUT2D eigenvalue weighted by atomic mass is 9.78. The fourth-order valence-electron chi connectivity index (χ4n) is 2.98. The molecule has 2 aliphatic heterocycles. The molecule has 0 unspecified atom stereocenters. The van der Waals surface area contributed by atoms with E-state index >= 15 is 0 Å². The van der Waals surface area contributed by atoms with Crippen molar-refractivity contribution < 1.29 is 18.3 Å². The standard InChI is InChI=1S/C17H19FN2O3/c1-2-12(6-18)7-22-13-3-4-14-15(5-13)23-16(19-14)20-8-17(9-20)10-21-11-17/h3-6H,2,7-11H2,1H3/b12-6+. The van der Waals surface area contributed by atoms with Crippen LogP contribution in [-0.2, 0) is 4.74 Å². The molecule has 0 aliphatic carbocycles. The molecule has 23 heavy (non-hydrogen) atoms. The Morgan fingerprint density at radius 3 is 2.91 bits per heavy atom. The van der Waals surface area contributed by atoms with Gasteiger partial charge in [0.2, 0.25) is 0 Å². The summed E-state index contributed by atoms with van der Waals surface area (Å²) in [6, 6.07) is 6.15. The summed E-state index contributed by atoms with van der Waals surface area (Å²) in [4.78, 5) is 6.65. The molecule has 0 atom stereocenters. The summed E-state index contributed by atoms with van der Waals surface area (Å²) < 4.78 is 29.3. The van der Waals surface area contributed by atoms with Crippen LogP contribution >= 0.6 is 0 Å². The Bertz CT molecular complexity index is 743. The molecule has 2 aromatic rings. The number of hydrogen-bond acceptors (Lipinski definition) is 5. The first-order chi connectivity index (χ1) is 11.2. The zero-order valence-corrected chi connectivity index (χ0v) is 13.0. The molecule has 0 radical (unpaired) electrons. The van der Waals surface area contributed by atoms with Crippen molar-refractivity contribution in [3.63, 3.8) is 0 Å². The van der Waals surface area contributed by atoms with E-state index in [0.29, 0.717) is 41.1 Å². The Kier molecular flexibility index (Phi) is 3.49. The molecule has 0 amide bonds. The number of oxazole rings is 1. The number of anilines is 1. The average molecular weight is 318 g/mol. The predicted octanol–water partition coefficient (Wildman–Crippen LogP) is 3.31. The fourth-order valence-corrected chi connectivity index (χ4v) is 2.98. The van der Waals surface area contributed by atoms with E-state index in [0.717, 1.165) is 31.8 Å². The van der Waals surface area contributed by atoms with Gasteiger partial charge in [0, 0.05) is 19.2 Å². The SMILES string of the molecule is CC/C(=C\F)COc1ccc2nc(N3CC4(COC4)C3)oc2c1. The lowest BCUT2D eigenvalue weighted by Crippen LogP contribution is -2.66. The monoisotopic (exact) mass is 318 g/mol. The van der Waals surface area contributed by atoms with Crippen LogP contribution in [0.3, 0.4) is 0 Å². The van der Waals surface area contributed by atoms with Crippen LogP contribution in [0, 0.1) is 5.41 Å². The summed E-state index contributed by atoms with van der Waals surface area (Å²) in [7, 11) is 0. The molecule has 0 saturated carbocycles. The van der Waals surface area contributed by atoms with E-state index in [-0.39, 0.29) is 6.61 Å². The number of halogens is 1. The topological polar surface area (TPSA) is 47.7 Å². The summed E-state index contributed by atoms with van der Waals surface area (Å²) in [5, 5.41) is 0. The quantitative estimate of drug-likeness (QED) is 0.846. The van der Waals surface area contributed by atoms with Gasteiger partial charge in [-0.25, -0.2) is 4.39 Å². The van der Waals surface area contributed by atoms with E-state index in [1.807, 2.05) is 19.1 Å². The van der Waals surface area contributed by atoms with Gasteiger partial charge in [0.1, 0.15) is 17.9 Å². The number of rotatable bonds is 5. The van der Waals surface area contributed by atoms with Crippen LogP contribution in [0.5, 0.6) is 5.75 Å². The molecular weight excluding hydrogens is 299 g/mol. The third-order valence-corrected chi connectivity index (χ3v) is 4.52. The lowest BCUT2D eigenvalue weighted by Gasteiger charge is -2.54. The summed E-state index contributed by atoms with van der Waals surface area (Å²) in [5.41, 5.74) is 2.43. The van der Waals surface area contributed by atoms with Crippen LogP contribution in [0.1, 0.15) is 13.3 Å². The molecule has 1 spiro atoms. The second kappa shape index (κ2) is 5.53. The summed E-state index contributed by atoms with van der Waals surface area (Å²) in [5.74, 6) is 0.653. The highest BCUT2D eigenvalue weighted by Crippen LogP contribution is 2.40. The Labute approximate surface area is 133 Å². The molecule has 1 aromatic heterocycles. The molecule has 0 N–H and O–H groups in total. The molecule has 2 saturated heterocycles. The van der Waals surface area contributed by atoms with Gasteiger partial charge in [0.25, 0.3) is 6.01 Å². The van der Waals surface area contributed by atoms with Gasteiger partial charge in [-0.2, -0.15) is 4.98 Å². The molecule has 122 valence electrons. The number of benzene rings is 1. The summed E-state index contributed by atoms with van der Waals surface area (Å²) >= 11 is 0. The minimum Gasteiger partial charge on any atom is -0.489 e. The van der Waals surface area contributed by atoms with Crippen molar-refractivity contribution in [2.75, 3.05) is 37.8 Å². The summed E-state index contributed by atoms with van der Waals surface area (Å²) in [6.07, 6.45) is 1.24. The van der Waals surface area contributed by atoms with E-state index < -0.39 is 0 Å². The van der Waals surface area contributed by atoms with Gasteiger partial charge < -0.3 is 18.8 Å². The second-order valence-corrected chi connectivity index (χ2v) is 6.38. The summed E-state index contributed by atoms with van der Waals surface area (Å²) in [6.45, 7) is 5.68. The van der Waals surface area contributed by atoms with Gasteiger partial charge in [-0.3, -0.25) is 0 Å². The Morgan fingerprint density at radius 2 is 2.26 bits per heavy atom. The van der Waals surface area contributed by atoms with Crippen LogP contribution in [0.15, 0.2) is 34.5 Å². The van der Waals surface area contributed by atoms with Crippen molar-refractivity contribution in [2.45, 2.75) is 13.3 Å². The van der Waals surface area contributed by atoms with E-state index in [1.165, 1.54) is 0 Å². The molecular formula is C17H19FN2O3. The Hall–Kier alpha value is -2.08. The largest absolute Gasteiger partial charge is 0.489 e. The first-order valence-corrected chi connectivity index (χ1v) is 7.86. The number of hydrogen-bond donors (Lipinski definition) is 0. The Balaban J connectivity index is 1.46. The number of aromatic nitrogens is 1. The number of ether oxygens (including phenoxy) is 2. The fraction of sp³-hybridized carbons (Fsp3) is 0.471. The highest BCUT2D eigenvalue weighted by atomic mass is 19.1. The lowest BCUT2D eigenvalue weighted by molar-refractivity contribution is -0.128. The van der Waals surface area contributed by atoms with Gasteiger partial charge in [0.05, 0.1) is 25.0 Å². The van der Waals surface area contributed by atoms with E-state index in [4.69, 9.17) is 13.9 Å². The van der Waals surface area contributed by atoms with Crippen molar-refractivity contribution in [3.05, 3.63) is 30.1 Å². The second-order valence-electron chi connectivity index (χ2n) is 6.38. The molecule has 1 aromatic carbocycles. The maximum atomic E-state index is 12.6. The zero-order valence-electron chi connectivity index (χ0n) is 13.0. The first-order valence-electron chi connectivity index (χ1n) is 7.86. The van der Waals surface area contributed by atoms with E-state index in [2.05, 4.69) is 9.88 Å². The molecule has 2 aliphatic rings. The highest BCUT2D eigenvalue weighted by molar-refractivity contribution is 5.76. The van der Waals surface area contributed by atoms with E-state index in [1.54, 1.807) is 6.07 Å². The molecule has 0 bridgehead atoms. The maximum Gasteiger partial charge on any atom is 0.298 e. The van der Waals surface area contributed by atoms with Crippen LogP contribution in [0.4, 0.5) is 10.4 Å². The molecule has 6 heteroatoms. The maximum absolute atomic E-state index is 12.6. The van der Waals surface area contributed by atoms with Crippen LogP contribution in [-0.4, -0.2) is 37.9 Å². The number of fused-ring (bicyclic) bond motifs is 1. The molecule has 5 nitrogen and oxygen atoms in total. The van der Waals surface area contributed by atoms with Gasteiger partial charge in [-0.15, -0.1) is 0 Å². The average Bonchev–Trinajstić information content (AvgIpc) is 2.88. The van der Waals surface area contributed by atoms with Gasteiger partial charge in [0.15, 0.2) is 5.58 Å². The smallest absolute Gasteiger partial charge is 0.298 e.